The fraction of sp³-hybridized carbons (Fsp3) is 0.848. The molecule has 0 aromatic heterocycles. The van der Waals surface area contributed by atoms with E-state index in [0.717, 1.165) is 128 Å². The standard InChI is InChI=1S/C79H146O17P2/c1-5-9-13-17-21-25-29-33-36-40-44-48-52-56-60-64-77(82)90-70-75(96-79(84)66-62-58-54-50-46-42-38-35-31-27-23-19-15-11-7-3)72-94-98(87,88)92-68-73(80)67-91-97(85,86)93-71-74(69-89-76(81)63-59-55-51-47-43-39-32-28-24-20-16-12-8-4)95-78(83)65-61-57-53-49-45-41-37-34-30-26-22-18-14-10-6-2/h22-23,26-27,34-35,37-38,73-75,80H,5-21,24-25,28-33,36,39-72H2,1-4H3,(H,85,86)(H,87,88)/b26-22-,27-23-,37-34-,38-35-/t73-,74-,75-/m1/s1. The van der Waals surface area contributed by atoms with Crippen LogP contribution in [0.25, 0.3) is 0 Å². The van der Waals surface area contributed by atoms with Crippen LogP contribution in [0.1, 0.15) is 374 Å². The van der Waals surface area contributed by atoms with Crippen molar-refractivity contribution in [2.24, 2.45) is 0 Å². The summed E-state index contributed by atoms with van der Waals surface area (Å²) in [6.07, 6.45) is 69.4. The Labute approximate surface area is 597 Å². The summed E-state index contributed by atoms with van der Waals surface area (Å²) >= 11 is 0. The minimum Gasteiger partial charge on any atom is -0.462 e. The van der Waals surface area contributed by atoms with Crippen LogP contribution in [0.15, 0.2) is 48.6 Å². The molecule has 5 atom stereocenters. The highest BCUT2D eigenvalue weighted by Crippen LogP contribution is 2.45. The molecule has 0 fully saturated rings. The third-order valence-electron chi connectivity index (χ3n) is 17.3. The summed E-state index contributed by atoms with van der Waals surface area (Å²) in [5.41, 5.74) is 0. The molecule has 19 heteroatoms. The number of allylic oxidation sites excluding steroid dienone is 8. The number of aliphatic hydroxyl groups excluding tert-OH is 1. The van der Waals surface area contributed by atoms with E-state index in [2.05, 4.69) is 76.3 Å². The maximum absolute atomic E-state index is 13.1. The maximum atomic E-state index is 13.1. The van der Waals surface area contributed by atoms with Crippen LogP contribution in [0, 0.1) is 0 Å². The van der Waals surface area contributed by atoms with Gasteiger partial charge in [-0.15, -0.1) is 0 Å². The molecule has 0 saturated carbocycles. The Morgan fingerprint density at radius 3 is 0.776 bits per heavy atom. The molecule has 0 rings (SSSR count). The molecule has 0 aliphatic rings. The van der Waals surface area contributed by atoms with Gasteiger partial charge in [0, 0.05) is 25.7 Å². The Kier molecular flexibility index (Phi) is 70.2. The molecule has 17 nitrogen and oxygen atoms in total. The molecule has 0 heterocycles. The zero-order chi connectivity index (χ0) is 71.8. The number of unbranched alkanes of at least 4 members (excludes halogenated alkanes) is 42. The third kappa shape index (κ3) is 71.4. The van der Waals surface area contributed by atoms with Crippen molar-refractivity contribution >= 4 is 39.5 Å². The number of phosphoric ester groups is 2. The highest BCUT2D eigenvalue weighted by molar-refractivity contribution is 7.47. The number of esters is 4. The molecular weight excluding hydrogens is 1280 g/mol. The van der Waals surface area contributed by atoms with E-state index in [-0.39, 0.29) is 25.7 Å². The van der Waals surface area contributed by atoms with Gasteiger partial charge < -0.3 is 33.8 Å². The van der Waals surface area contributed by atoms with E-state index in [0.29, 0.717) is 25.7 Å². The van der Waals surface area contributed by atoms with Crippen LogP contribution in [-0.4, -0.2) is 96.7 Å². The summed E-state index contributed by atoms with van der Waals surface area (Å²) in [4.78, 5) is 72.9. The number of hydrogen-bond acceptors (Lipinski definition) is 15. The lowest BCUT2D eigenvalue weighted by Gasteiger charge is -2.21. The number of carbonyl (C=O) groups is 4. The summed E-state index contributed by atoms with van der Waals surface area (Å²) in [5, 5.41) is 10.6. The van der Waals surface area contributed by atoms with Gasteiger partial charge in [-0.3, -0.25) is 37.3 Å². The number of phosphoric acid groups is 2. The molecule has 98 heavy (non-hydrogen) atoms. The number of aliphatic hydroxyl groups is 1. The Morgan fingerprint density at radius 1 is 0.286 bits per heavy atom. The molecule has 0 spiro atoms. The van der Waals surface area contributed by atoms with Crippen LogP contribution >= 0.6 is 15.6 Å². The average molecular weight is 1430 g/mol. The zero-order valence-electron chi connectivity index (χ0n) is 62.7. The van der Waals surface area contributed by atoms with Crippen molar-refractivity contribution in [1.82, 2.24) is 0 Å². The van der Waals surface area contributed by atoms with Crippen molar-refractivity contribution in [3.05, 3.63) is 48.6 Å². The second kappa shape index (κ2) is 72.4. The first-order valence-electron chi connectivity index (χ1n) is 39.9. The minimum atomic E-state index is -4.97. The van der Waals surface area contributed by atoms with E-state index in [1.165, 1.54) is 167 Å². The van der Waals surface area contributed by atoms with Gasteiger partial charge in [-0.05, 0) is 89.9 Å². The van der Waals surface area contributed by atoms with E-state index < -0.39 is 97.5 Å². The fourth-order valence-corrected chi connectivity index (χ4v) is 12.7. The van der Waals surface area contributed by atoms with E-state index in [1.807, 2.05) is 0 Å². The van der Waals surface area contributed by atoms with E-state index >= 15 is 0 Å². The highest BCUT2D eigenvalue weighted by atomic mass is 31.2. The van der Waals surface area contributed by atoms with Crippen LogP contribution < -0.4 is 0 Å². The van der Waals surface area contributed by atoms with Gasteiger partial charge in [0.1, 0.15) is 19.3 Å². The molecule has 0 saturated heterocycles. The SMILES string of the molecule is CCCCC/C=C\C/C=C\CCCCCCCC(=O)O[C@H](COC(=O)CCCCCCCCCCCCCCC)COP(=O)(O)OC[C@@H](O)COP(=O)(O)OC[C@@H](COC(=O)CCCCCCCCCCCCCCCCC)OC(=O)CCCCCCC/C=C\C/C=C\CCCCC. The smallest absolute Gasteiger partial charge is 0.462 e. The van der Waals surface area contributed by atoms with Gasteiger partial charge in [0.15, 0.2) is 12.2 Å². The summed E-state index contributed by atoms with van der Waals surface area (Å²) in [5.74, 6) is -2.16. The van der Waals surface area contributed by atoms with Crippen LogP contribution in [0.3, 0.4) is 0 Å². The number of ether oxygens (including phenoxy) is 4. The van der Waals surface area contributed by atoms with Crippen molar-refractivity contribution < 1.29 is 80.2 Å². The monoisotopic (exact) mass is 1430 g/mol. The normalized spacial score (nSPS) is 14.2. The maximum Gasteiger partial charge on any atom is 0.472 e. The van der Waals surface area contributed by atoms with Gasteiger partial charge in [0.2, 0.25) is 0 Å². The number of rotatable bonds is 76. The van der Waals surface area contributed by atoms with Gasteiger partial charge >= 0.3 is 39.5 Å². The van der Waals surface area contributed by atoms with E-state index in [4.69, 9.17) is 37.0 Å². The highest BCUT2D eigenvalue weighted by Gasteiger charge is 2.30. The van der Waals surface area contributed by atoms with Crippen molar-refractivity contribution in [3.63, 3.8) is 0 Å². The Hall–Kier alpha value is -2.98. The Morgan fingerprint density at radius 2 is 0.500 bits per heavy atom. The van der Waals surface area contributed by atoms with Gasteiger partial charge in [-0.1, -0.05) is 307 Å². The third-order valence-corrected chi connectivity index (χ3v) is 19.2. The molecule has 0 amide bonds. The molecule has 0 aromatic carbocycles. The van der Waals surface area contributed by atoms with Crippen LogP contribution in [0.4, 0.5) is 0 Å². The Bertz CT molecular complexity index is 2050. The molecule has 0 aromatic rings. The van der Waals surface area contributed by atoms with Crippen molar-refractivity contribution in [3.8, 4) is 0 Å². The lowest BCUT2D eigenvalue weighted by atomic mass is 10.0. The molecule has 2 unspecified atom stereocenters. The predicted molar refractivity (Wildman–Crippen MR) is 400 cm³/mol. The van der Waals surface area contributed by atoms with Gasteiger partial charge in [0.25, 0.3) is 0 Å². The molecule has 0 aliphatic heterocycles. The molecule has 0 aliphatic carbocycles. The van der Waals surface area contributed by atoms with Crippen LogP contribution in [0.2, 0.25) is 0 Å². The van der Waals surface area contributed by atoms with Crippen molar-refractivity contribution in [2.75, 3.05) is 39.6 Å². The predicted octanol–water partition coefficient (Wildman–Crippen LogP) is 22.9. The van der Waals surface area contributed by atoms with Crippen molar-refractivity contribution in [2.45, 2.75) is 393 Å². The lowest BCUT2D eigenvalue weighted by Crippen LogP contribution is -2.30. The first-order valence-corrected chi connectivity index (χ1v) is 42.9. The summed E-state index contributed by atoms with van der Waals surface area (Å²) < 4.78 is 68.6. The quantitative estimate of drug-likeness (QED) is 0.0169. The van der Waals surface area contributed by atoms with Gasteiger partial charge in [0.05, 0.1) is 26.4 Å². The minimum absolute atomic E-state index is 0.0850. The first kappa shape index (κ1) is 95.0. The summed E-state index contributed by atoms with van der Waals surface area (Å²) in [6.45, 7) is 4.87. The second-order valence-corrected chi connectivity index (χ2v) is 29.9. The lowest BCUT2D eigenvalue weighted by molar-refractivity contribution is -0.161. The fourth-order valence-electron chi connectivity index (χ4n) is 11.2. The summed E-state index contributed by atoms with van der Waals surface area (Å²) in [7, 11) is -9.94. The van der Waals surface area contributed by atoms with Gasteiger partial charge in [-0.2, -0.15) is 0 Å². The van der Waals surface area contributed by atoms with Gasteiger partial charge in [-0.25, -0.2) is 9.13 Å². The molecule has 0 radical (unpaired) electrons. The van der Waals surface area contributed by atoms with Crippen LogP contribution in [0.5, 0.6) is 0 Å². The topological polar surface area (TPSA) is 237 Å². The molecule has 3 N–H and O–H groups in total. The molecular formula is C79H146O17P2. The zero-order valence-corrected chi connectivity index (χ0v) is 64.5. The molecule has 0 bridgehead atoms. The van der Waals surface area contributed by atoms with Crippen LogP contribution in [-0.2, 0) is 65.4 Å². The average Bonchev–Trinajstić information content (AvgIpc) is 1.05. The molecule has 574 valence electrons. The largest absolute Gasteiger partial charge is 0.472 e. The second-order valence-electron chi connectivity index (χ2n) is 27.0. The van der Waals surface area contributed by atoms with Crippen molar-refractivity contribution in [1.29, 1.82) is 0 Å². The summed E-state index contributed by atoms with van der Waals surface area (Å²) in [6, 6.07) is 0. The van der Waals surface area contributed by atoms with E-state index in [9.17, 15) is 43.2 Å². The Balaban J connectivity index is 5.33. The number of carbonyl (C=O) groups excluding carboxylic acids is 4. The number of hydrogen-bond donors (Lipinski definition) is 3. The van der Waals surface area contributed by atoms with E-state index in [1.54, 1.807) is 0 Å². The first-order chi connectivity index (χ1) is 47.7.